The Morgan fingerprint density at radius 3 is 1.84 bits per heavy atom. The predicted octanol–water partition coefficient (Wildman–Crippen LogP) is 5.32. The molecule has 0 aliphatic carbocycles. The second-order valence-electron chi connectivity index (χ2n) is 9.20. The summed E-state index contributed by atoms with van der Waals surface area (Å²) in [7, 11) is -5.48. The summed E-state index contributed by atoms with van der Waals surface area (Å²) in [5.41, 5.74) is 2.24. The molecule has 192 valence electrons. The van der Waals surface area contributed by atoms with E-state index in [-0.39, 0.29) is 18.0 Å². The molecule has 0 saturated heterocycles. The van der Waals surface area contributed by atoms with Gasteiger partial charge in [-0.15, -0.1) is 0 Å². The van der Waals surface area contributed by atoms with Crippen molar-refractivity contribution >= 4 is 33.7 Å². The van der Waals surface area contributed by atoms with E-state index >= 15 is 0 Å². The van der Waals surface area contributed by atoms with Gasteiger partial charge < -0.3 is 4.57 Å². The fourth-order valence-electron chi connectivity index (χ4n) is 4.15. The SMILES string of the molecule is CC(C)c1nc(N(C)S(C)(=O)=O)nc(-c2ccc(F)cc2)c1CP(=O)(c1ccccc1)c1ccccc1. The van der Waals surface area contributed by atoms with Gasteiger partial charge in [0, 0.05) is 34.9 Å². The molecule has 37 heavy (non-hydrogen) atoms. The Hall–Kier alpha value is -3.35. The normalized spacial score (nSPS) is 12.1. The highest BCUT2D eigenvalue weighted by Gasteiger charge is 2.32. The first-order valence-electron chi connectivity index (χ1n) is 11.8. The minimum Gasteiger partial charge on any atom is -0.313 e. The van der Waals surface area contributed by atoms with Crippen LogP contribution in [0.2, 0.25) is 0 Å². The lowest BCUT2D eigenvalue weighted by Crippen LogP contribution is -2.28. The van der Waals surface area contributed by atoms with Gasteiger partial charge in [0.25, 0.3) is 0 Å². The number of sulfonamides is 1. The third-order valence-corrected chi connectivity index (χ3v) is 10.4. The van der Waals surface area contributed by atoms with E-state index in [4.69, 9.17) is 0 Å². The van der Waals surface area contributed by atoms with Crippen molar-refractivity contribution in [2.24, 2.45) is 0 Å². The van der Waals surface area contributed by atoms with Gasteiger partial charge in [0.2, 0.25) is 16.0 Å². The second-order valence-corrected chi connectivity index (χ2v) is 14.0. The largest absolute Gasteiger partial charge is 0.313 e. The smallest absolute Gasteiger partial charge is 0.239 e. The van der Waals surface area contributed by atoms with Crippen molar-refractivity contribution in [2.75, 3.05) is 17.6 Å². The summed E-state index contributed by atoms with van der Waals surface area (Å²) in [4.78, 5) is 9.30. The van der Waals surface area contributed by atoms with E-state index in [1.54, 1.807) is 12.1 Å². The highest BCUT2D eigenvalue weighted by atomic mass is 32.2. The summed E-state index contributed by atoms with van der Waals surface area (Å²) < 4.78 is 54.5. The third kappa shape index (κ3) is 5.65. The lowest BCUT2D eigenvalue weighted by Gasteiger charge is -2.25. The molecule has 4 aromatic rings. The summed E-state index contributed by atoms with van der Waals surface area (Å²) in [5, 5.41) is 1.39. The van der Waals surface area contributed by atoms with Crippen molar-refractivity contribution in [2.45, 2.75) is 25.9 Å². The fourth-order valence-corrected chi connectivity index (χ4v) is 7.26. The minimum absolute atomic E-state index is 0.00327. The van der Waals surface area contributed by atoms with E-state index in [9.17, 15) is 17.4 Å². The lowest BCUT2D eigenvalue weighted by atomic mass is 9.99. The van der Waals surface area contributed by atoms with Crippen molar-refractivity contribution in [3.63, 3.8) is 0 Å². The van der Waals surface area contributed by atoms with Gasteiger partial charge in [-0.1, -0.05) is 74.5 Å². The molecule has 4 rings (SSSR count). The molecule has 6 nitrogen and oxygen atoms in total. The van der Waals surface area contributed by atoms with E-state index in [1.165, 1.54) is 19.2 Å². The number of anilines is 1. The first-order chi connectivity index (χ1) is 17.5. The van der Waals surface area contributed by atoms with Gasteiger partial charge in [0.05, 0.1) is 17.6 Å². The summed E-state index contributed by atoms with van der Waals surface area (Å²) in [6, 6.07) is 24.4. The van der Waals surface area contributed by atoms with Crippen LogP contribution in [0.1, 0.15) is 31.0 Å². The monoisotopic (exact) mass is 537 g/mol. The van der Waals surface area contributed by atoms with Gasteiger partial charge >= 0.3 is 0 Å². The minimum atomic E-state index is -3.64. The van der Waals surface area contributed by atoms with Crippen LogP contribution in [0.25, 0.3) is 11.3 Å². The molecule has 0 aliphatic heterocycles. The Balaban J connectivity index is 2.03. The topological polar surface area (TPSA) is 80.2 Å². The van der Waals surface area contributed by atoms with Crippen LogP contribution in [0.5, 0.6) is 0 Å². The molecule has 1 aromatic heterocycles. The Bertz CT molecular complexity index is 1500. The molecule has 3 aromatic carbocycles. The number of hydrogen-bond acceptors (Lipinski definition) is 5. The van der Waals surface area contributed by atoms with Crippen LogP contribution in [0, 0.1) is 5.82 Å². The number of nitrogens with zero attached hydrogens (tertiary/aromatic N) is 3. The van der Waals surface area contributed by atoms with Gasteiger partial charge in [-0.25, -0.2) is 27.1 Å². The molecular weight excluding hydrogens is 508 g/mol. The average molecular weight is 538 g/mol. The highest BCUT2D eigenvalue weighted by Crippen LogP contribution is 2.49. The van der Waals surface area contributed by atoms with Crippen LogP contribution in [0.3, 0.4) is 0 Å². The third-order valence-electron chi connectivity index (χ3n) is 6.20. The molecule has 0 amide bonds. The van der Waals surface area contributed by atoms with Crippen LogP contribution in [0.15, 0.2) is 84.9 Å². The molecule has 0 aliphatic rings. The number of aromatic nitrogens is 2. The van der Waals surface area contributed by atoms with E-state index < -0.39 is 23.0 Å². The zero-order valence-electron chi connectivity index (χ0n) is 21.2. The lowest BCUT2D eigenvalue weighted by molar-refractivity contribution is 0.585. The van der Waals surface area contributed by atoms with Crippen LogP contribution >= 0.6 is 7.14 Å². The Labute approximate surface area is 217 Å². The standard InChI is InChI=1S/C28H29FN3O3PS/c1-20(2)26-25(19-36(33,23-11-7-5-8-12-23)24-13-9-6-10-14-24)27(21-15-17-22(29)18-16-21)31-28(30-26)32(3)37(4,34)35/h5-18,20H,19H2,1-4H3. The molecule has 0 radical (unpaired) electrons. The average Bonchev–Trinajstić information content (AvgIpc) is 2.89. The van der Waals surface area contributed by atoms with Gasteiger partial charge in [0.1, 0.15) is 13.0 Å². The molecule has 0 spiro atoms. The molecule has 0 fully saturated rings. The maximum absolute atomic E-state index is 15.0. The van der Waals surface area contributed by atoms with E-state index in [0.29, 0.717) is 33.1 Å². The Morgan fingerprint density at radius 1 is 0.865 bits per heavy atom. The Kier molecular flexibility index (Phi) is 7.62. The van der Waals surface area contributed by atoms with Crippen molar-refractivity contribution < 1.29 is 17.4 Å². The second kappa shape index (κ2) is 10.6. The van der Waals surface area contributed by atoms with Crippen molar-refractivity contribution in [1.82, 2.24) is 9.97 Å². The molecule has 9 heteroatoms. The van der Waals surface area contributed by atoms with Gasteiger partial charge in [0.15, 0.2) is 0 Å². The zero-order chi connectivity index (χ0) is 26.8. The quantitative estimate of drug-likeness (QED) is 0.285. The zero-order valence-corrected chi connectivity index (χ0v) is 22.9. The number of halogens is 1. The van der Waals surface area contributed by atoms with Crippen molar-refractivity contribution in [3.05, 3.63) is 102 Å². The van der Waals surface area contributed by atoms with E-state index in [1.807, 2.05) is 74.5 Å². The first kappa shape index (κ1) is 26.7. The molecular formula is C28H29FN3O3PS. The van der Waals surface area contributed by atoms with Gasteiger partial charge in [-0.3, -0.25) is 0 Å². The molecule has 0 bridgehead atoms. The number of hydrogen-bond donors (Lipinski definition) is 0. The summed E-state index contributed by atoms with van der Waals surface area (Å²) in [5.74, 6) is -0.538. The maximum Gasteiger partial charge on any atom is 0.239 e. The van der Waals surface area contributed by atoms with Crippen LogP contribution < -0.4 is 14.9 Å². The maximum atomic E-state index is 15.0. The van der Waals surface area contributed by atoms with Gasteiger partial charge in [-0.05, 0) is 30.2 Å². The van der Waals surface area contributed by atoms with Crippen LogP contribution in [-0.2, 0) is 20.8 Å². The van der Waals surface area contributed by atoms with Crippen molar-refractivity contribution in [3.8, 4) is 11.3 Å². The molecule has 1 heterocycles. The highest BCUT2D eigenvalue weighted by molar-refractivity contribution is 7.92. The number of rotatable bonds is 8. The van der Waals surface area contributed by atoms with Crippen LogP contribution in [0.4, 0.5) is 10.3 Å². The van der Waals surface area contributed by atoms with Crippen molar-refractivity contribution in [1.29, 1.82) is 0 Å². The van der Waals surface area contributed by atoms with Crippen LogP contribution in [-0.4, -0.2) is 31.7 Å². The van der Waals surface area contributed by atoms with E-state index in [2.05, 4.69) is 9.97 Å². The summed E-state index contributed by atoms with van der Waals surface area (Å²) in [6.45, 7) is 3.89. The first-order valence-corrected chi connectivity index (χ1v) is 15.6. The van der Waals surface area contributed by atoms with E-state index in [0.717, 1.165) is 10.6 Å². The molecule has 0 atom stereocenters. The van der Waals surface area contributed by atoms with Gasteiger partial charge in [-0.2, -0.15) is 0 Å². The molecule has 0 N–H and O–H groups in total. The summed E-state index contributed by atoms with van der Waals surface area (Å²) in [6.07, 6.45) is 1.19. The fraction of sp³-hybridized carbons (Fsp3) is 0.214. The molecule has 0 saturated carbocycles. The molecule has 0 unspecified atom stereocenters. The Morgan fingerprint density at radius 2 is 1.38 bits per heavy atom. The summed E-state index contributed by atoms with van der Waals surface area (Å²) >= 11 is 0. The number of benzene rings is 3. The predicted molar refractivity (Wildman–Crippen MR) is 148 cm³/mol.